The highest BCUT2D eigenvalue weighted by Gasteiger charge is 2.08. The van der Waals surface area contributed by atoms with E-state index in [2.05, 4.69) is 17.9 Å². The van der Waals surface area contributed by atoms with Gasteiger partial charge < -0.3 is 15.5 Å². The number of thiol groups is 1. The number of likely N-dealkylation sites (N-methyl/N-ethyl adjacent to an activating group) is 1. The van der Waals surface area contributed by atoms with Crippen LogP contribution in [0.2, 0.25) is 0 Å². The highest BCUT2D eigenvalue weighted by Crippen LogP contribution is 1.94. The van der Waals surface area contributed by atoms with Gasteiger partial charge in [-0.1, -0.05) is 0 Å². The van der Waals surface area contributed by atoms with Crippen LogP contribution in [0.5, 0.6) is 0 Å². The fourth-order valence-corrected chi connectivity index (χ4v) is 0.420. The molecule has 2 unspecified atom stereocenters. The molecule has 0 saturated carbocycles. The van der Waals surface area contributed by atoms with E-state index in [0.29, 0.717) is 6.54 Å². The Morgan fingerprint density at radius 1 is 1.62 bits per heavy atom. The van der Waals surface area contributed by atoms with Gasteiger partial charge in [0.1, 0.15) is 11.5 Å². The maximum Gasteiger partial charge on any atom is 0.124 e. The zero-order valence-electron chi connectivity index (χ0n) is 4.70. The molecule has 0 radical (unpaired) electrons. The van der Waals surface area contributed by atoms with E-state index in [4.69, 9.17) is 10.2 Å². The standard InChI is InChI=1S/C4H11NO2S/c1-5-2-3(6)4(7)8/h3-8H,2H2,1H3. The molecule has 4 heteroatoms. The van der Waals surface area contributed by atoms with E-state index < -0.39 is 11.5 Å². The highest BCUT2D eigenvalue weighted by molar-refractivity contribution is 7.80. The minimum atomic E-state index is -0.942. The van der Waals surface area contributed by atoms with E-state index in [1.54, 1.807) is 7.05 Å². The van der Waals surface area contributed by atoms with Gasteiger partial charge in [0.05, 0.1) is 0 Å². The molecule has 0 aliphatic carbocycles. The van der Waals surface area contributed by atoms with Gasteiger partial charge in [0.25, 0.3) is 0 Å². The third-order valence-corrected chi connectivity index (χ3v) is 1.10. The summed E-state index contributed by atoms with van der Waals surface area (Å²) in [6.07, 6.45) is -0.775. The first-order valence-corrected chi connectivity index (χ1v) is 2.89. The summed E-state index contributed by atoms with van der Waals surface area (Å²) in [6.45, 7) is 0.366. The monoisotopic (exact) mass is 137 g/mol. The number of rotatable bonds is 3. The second kappa shape index (κ2) is 4.14. The van der Waals surface area contributed by atoms with Crippen molar-refractivity contribution in [3.05, 3.63) is 0 Å². The number of nitrogens with one attached hydrogen (secondary N) is 1. The second-order valence-corrected chi connectivity index (χ2v) is 2.07. The molecule has 0 aromatic rings. The van der Waals surface area contributed by atoms with E-state index in [1.165, 1.54) is 0 Å². The molecule has 3 nitrogen and oxygen atoms in total. The normalized spacial score (nSPS) is 18.0. The maximum absolute atomic E-state index is 8.74. The van der Waals surface area contributed by atoms with Crippen LogP contribution in [0.25, 0.3) is 0 Å². The summed E-state index contributed by atoms with van der Waals surface area (Å²) in [5.74, 6) is 0. The summed E-state index contributed by atoms with van der Waals surface area (Å²) in [7, 11) is 1.69. The number of hydrogen-bond acceptors (Lipinski definition) is 4. The van der Waals surface area contributed by atoms with Crippen LogP contribution < -0.4 is 5.32 Å². The predicted molar refractivity (Wildman–Crippen MR) is 34.9 cm³/mol. The lowest BCUT2D eigenvalue weighted by Crippen LogP contribution is -2.31. The van der Waals surface area contributed by atoms with Gasteiger partial charge in [-0.3, -0.25) is 0 Å². The summed E-state index contributed by atoms with van der Waals surface area (Å²) >= 11 is 3.59. The van der Waals surface area contributed by atoms with Crippen LogP contribution in [0.4, 0.5) is 0 Å². The van der Waals surface area contributed by atoms with Gasteiger partial charge in [-0.25, -0.2) is 0 Å². The molecule has 0 heterocycles. The fraction of sp³-hybridized carbons (Fsp3) is 1.00. The summed E-state index contributed by atoms with van der Waals surface area (Å²) < 4.78 is 0. The van der Waals surface area contributed by atoms with Crippen molar-refractivity contribution in [2.24, 2.45) is 0 Å². The Labute approximate surface area is 54.1 Å². The van der Waals surface area contributed by atoms with Crippen molar-refractivity contribution in [2.45, 2.75) is 11.5 Å². The highest BCUT2D eigenvalue weighted by atomic mass is 32.1. The molecule has 0 aliphatic heterocycles. The Bertz CT molecular complexity index is 60.0. The van der Waals surface area contributed by atoms with Crippen LogP contribution in [-0.4, -0.2) is 35.3 Å². The van der Waals surface area contributed by atoms with Crippen molar-refractivity contribution in [1.29, 1.82) is 0 Å². The van der Waals surface area contributed by atoms with Gasteiger partial charge in [-0.2, -0.15) is 0 Å². The van der Waals surface area contributed by atoms with Gasteiger partial charge in [-0.05, 0) is 7.05 Å². The molecule has 0 saturated heterocycles. The van der Waals surface area contributed by atoms with Gasteiger partial charge in [0.15, 0.2) is 0 Å². The van der Waals surface area contributed by atoms with Crippen molar-refractivity contribution in [2.75, 3.05) is 13.6 Å². The smallest absolute Gasteiger partial charge is 0.124 e. The first-order chi connectivity index (χ1) is 3.68. The largest absolute Gasteiger partial charge is 0.388 e. The molecule has 0 aromatic carbocycles. The third-order valence-electron chi connectivity index (χ3n) is 0.757. The first-order valence-electron chi connectivity index (χ1n) is 2.37. The summed E-state index contributed by atoms with van der Waals surface area (Å²) in [6, 6.07) is 0. The molecule has 0 rings (SSSR count). The zero-order valence-corrected chi connectivity index (χ0v) is 5.60. The number of aliphatic hydroxyl groups is 2. The molecule has 0 aromatic heterocycles. The topological polar surface area (TPSA) is 52.5 Å². The number of aliphatic hydroxyl groups excluding tert-OH is 2. The van der Waals surface area contributed by atoms with Crippen molar-refractivity contribution in [1.82, 2.24) is 5.32 Å². The summed E-state index contributed by atoms with van der Waals surface area (Å²) in [4.78, 5) is 0. The molecule has 0 bridgehead atoms. The first kappa shape index (κ1) is 8.23. The van der Waals surface area contributed by atoms with E-state index in [9.17, 15) is 0 Å². The lowest BCUT2D eigenvalue weighted by Gasteiger charge is -2.10. The van der Waals surface area contributed by atoms with Crippen LogP contribution in [0, 0.1) is 0 Å². The van der Waals surface area contributed by atoms with Gasteiger partial charge in [0.2, 0.25) is 0 Å². The van der Waals surface area contributed by atoms with E-state index in [-0.39, 0.29) is 0 Å². The second-order valence-electron chi connectivity index (χ2n) is 1.54. The lowest BCUT2D eigenvalue weighted by molar-refractivity contribution is 0.0759. The van der Waals surface area contributed by atoms with Crippen molar-refractivity contribution in [3.8, 4) is 0 Å². The minimum Gasteiger partial charge on any atom is -0.388 e. The quantitative estimate of drug-likeness (QED) is 0.292. The van der Waals surface area contributed by atoms with Crippen molar-refractivity contribution in [3.63, 3.8) is 0 Å². The summed E-state index contributed by atoms with van der Waals surface area (Å²) in [5, 5.41) is 20.0. The molecule has 0 aliphatic rings. The van der Waals surface area contributed by atoms with Crippen molar-refractivity contribution < 1.29 is 10.2 Å². The number of hydrogen-bond donors (Lipinski definition) is 4. The average molecular weight is 137 g/mol. The molecular formula is C4H11NO2S. The molecule has 0 spiro atoms. The van der Waals surface area contributed by atoms with Crippen LogP contribution in [-0.2, 0) is 0 Å². The molecule has 50 valence electrons. The molecule has 2 atom stereocenters. The Morgan fingerprint density at radius 2 is 2.12 bits per heavy atom. The minimum absolute atomic E-state index is 0.366. The molecule has 0 fully saturated rings. The molecule has 0 amide bonds. The predicted octanol–water partition coefficient (Wildman–Crippen LogP) is -1.19. The molecule has 8 heavy (non-hydrogen) atoms. The lowest BCUT2D eigenvalue weighted by atomic mass is 10.4. The van der Waals surface area contributed by atoms with Gasteiger partial charge in [-0.15, -0.1) is 12.6 Å². The van der Waals surface area contributed by atoms with E-state index in [1.807, 2.05) is 0 Å². The fourth-order valence-electron chi connectivity index (χ4n) is 0.315. The Balaban J connectivity index is 3.17. The average Bonchev–Trinajstić information content (AvgIpc) is 1.67. The van der Waals surface area contributed by atoms with E-state index >= 15 is 0 Å². The van der Waals surface area contributed by atoms with Crippen molar-refractivity contribution >= 4 is 12.6 Å². The molecular weight excluding hydrogens is 126 g/mol. The Morgan fingerprint density at radius 3 is 2.25 bits per heavy atom. The van der Waals surface area contributed by atoms with Gasteiger partial charge >= 0.3 is 0 Å². The van der Waals surface area contributed by atoms with Crippen LogP contribution >= 0.6 is 12.6 Å². The Kier molecular flexibility index (Phi) is 4.26. The maximum atomic E-state index is 8.74. The van der Waals surface area contributed by atoms with Crippen LogP contribution in [0.1, 0.15) is 0 Å². The zero-order chi connectivity index (χ0) is 6.57. The SMILES string of the molecule is CNCC(O)C(O)S. The van der Waals surface area contributed by atoms with E-state index in [0.717, 1.165) is 0 Å². The summed E-state index contributed by atoms with van der Waals surface area (Å²) in [5.41, 5.74) is -0.942. The molecule has 3 N–H and O–H groups in total. The van der Waals surface area contributed by atoms with Crippen LogP contribution in [0.15, 0.2) is 0 Å². The van der Waals surface area contributed by atoms with Crippen LogP contribution in [0.3, 0.4) is 0 Å². The van der Waals surface area contributed by atoms with Gasteiger partial charge in [0, 0.05) is 6.54 Å². The Hall–Kier alpha value is 0.230. The third kappa shape index (κ3) is 3.26.